The van der Waals surface area contributed by atoms with Crippen LogP contribution in [0.1, 0.15) is 19.4 Å². The molecule has 0 fully saturated rings. The summed E-state index contributed by atoms with van der Waals surface area (Å²) in [7, 11) is 2.12. The van der Waals surface area contributed by atoms with Gasteiger partial charge in [-0.3, -0.25) is 0 Å². The van der Waals surface area contributed by atoms with Crippen molar-refractivity contribution in [2.75, 3.05) is 0 Å². The Bertz CT molecular complexity index is 251. The van der Waals surface area contributed by atoms with Crippen LogP contribution in [0.2, 0.25) is 0 Å². The molecule has 1 aliphatic rings. The van der Waals surface area contributed by atoms with Gasteiger partial charge in [-0.15, -0.1) is 5.98 Å². The molecule has 0 atom stereocenters. The van der Waals surface area contributed by atoms with Gasteiger partial charge in [-0.2, -0.15) is 0 Å². The summed E-state index contributed by atoms with van der Waals surface area (Å²) in [5.41, 5.74) is 2.66. The van der Waals surface area contributed by atoms with Gasteiger partial charge in [0.05, 0.1) is 0 Å². The van der Waals surface area contributed by atoms with Gasteiger partial charge in [0.25, 0.3) is 0 Å². The highest BCUT2D eigenvalue weighted by Crippen LogP contribution is 2.02. The van der Waals surface area contributed by atoms with Gasteiger partial charge in [0.1, 0.15) is 0 Å². The van der Waals surface area contributed by atoms with E-state index in [4.69, 9.17) is 0 Å². The zero-order chi connectivity index (χ0) is 8.10. The van der Waals surface area contributed by atoms with Crippen LogP contribution in [0, 0.1) is 0 Å². The molecule has 1 heterocycles. The molecule has 1 radical (unpaired) electrons. The fourth-order valence-electron chi connectivity index (χ4n) is 1.07. The van der Waals surface area contributed by atoms with Crippen LogP contribution < -0.4 is 5.46 Å². The van der Waals surface area contributed by atoms with Gasteiger partial charge in [0.15, 0.2) is 7.28 Å². The molecule has 0 amide bonds. The van der Waals surface area contributed by atoms with Gasteiger partial charge < -0.3 is 0 Å². The molecule has 55 valence electrons. The molecular formula is C10H12B. The minimum atomic E-state index is 1.33. The van der Waals surface area contributed by atoms with Crippen LogP contribution in [-0.2, 0) is 0 Å². The molecule has 11 heavy (non-hydrogen) atoms. The van der Waals surface area contributed by atoms with Crippen LogP contribution in [-0.4, -0.2) is 7.28 Å². The average molecular weight is 143 g/mol. The molecule has 0 N–H and O–H groups in total. The predicted octanol–water partition coefficient (Wildman–Crippen LogP) is 2.03. The first-order valence-corrected chi connectivity index (χ1v) is 4.07. The van der Waals surface area contributed by atoms with E-state index in [0.717, 1.165) is 0 Å². The molecule has 0 aliphatic carbocycles. The molecule has 1 aliphatic heterocycles. The van der Waals surface area contributed by atoms with Crippen LogP contribution >= 0.6 is 0 Å². The lowest BCUT2D eigenvalue weighted by molar-refractivity contribution is 1.50. The first kappa shape index (κ1) is 8.12. The number of fused-ring (bicyclic) bond motifs is 1. The summed E-state index contributed by atoms with van der Waals surface area (Å²) in [6.45, 7) is 4.00. The number of rotatable bonds is 0. The van der Waals surface area contributed by atoms with E-state index < -0.39 is 0 Å². The van der Waals surface area contributed by atoms with E-state index >= 15 is 0 Å². The van der Waals surface area contributed by atoms with Crippen LogP contribution in [0.4, 0.5) is 0 Å². The summed E-state index contributed by atoms with van der Waals surface area (Å²) in [4.78, 5) is 0. The van der Waals surface area contributed by atoms with E-state index in [1.54, 1.807) is 0 Å². The van der Waals surface area contributed by atoms with E-state index in [0.29, 0.717) is 0 Å². The molecule has 0 bridgehead atoms. The van der Waals surface area contributed by atoms with Gasteiger partial charge in [0.2, 0.25) is 0 Å². The van der Waals surface area contributed by atoms with Crippen LogP contribution in [0.5, 0.6) is 0 Å². The highest BCUT2D eigenvalue weighted by atomic mass is 13.9. The van der Waals surface area contributed by atoms with Gasteiger partial charge in [0, 0.05) is 0 Å². The second-order valence-corrected chi connectivity index (χ2v) is 2.15. The third kappa shape index (κ3) is 1.73. The fourth-order valence-corrected chi connectivity index (χ4v) is 1.07. The molecule has 0 unspecified atom stereocenters. The molecule has 0 aromatic heterocycles. The van der Waals surface area contributed by atoms with Crippen molar-refractivity contribution in [3.63, 3.8) is 0 Å². The Morgan fingerprint density at radius 2 is 1.82 bits per heavy atom. The highest BCUT2D eigenvalue weighted by molar-refractivity contribution is 6.62. The quantitative estimate of drug-likeness (QED) is 0.487. The van der Waals surface area contributed by atoms with E-state index in [1.165, 1.54) is 11.0 Å². The van der Waals surface area contributed by atoms with E-state index in [-0.39, 0.29) is 0 Å². The van der Waals surface area contributed by atoms with Crippen molar-refractivity contribution in [1.82, 2.24) is 0 Å². The summed E-state index contributed by atoms with van der Waals surface area (Å²) in [6.07, 6.45) is 2.12. The summed E-state index contributed by atoms with van der Waals surface area (Å²) >= 11 is 0. The Hall–Kier alpha value is -0.975. The molecule has 2 rings (SSSR count). The predicted molar refractivity (Wildman–Crippen MR) is 52.2 cm³/mol. The Morgan fingerprint density at radius 3 is 2.55 bits per heavy atom. The van der Waals surface area contributed by atoms with Crippen molar-refractivity contribution in [3.8, 4) is 0 Å². The summed E-state index contributed by atoms with van der Waals surface area (Å²) in [5.74, 6) is 2.07. The fraction of sp³-hybridized carbons (Fsp3) is 0.200. The molecule has 0 spiro atoms. The zero-order valence-corrected chi connectivity index (χ0v) is 7.04. The molecule has 0 saturated carbocycles. The van der Waals surface area contributed by atoms with E-state index in [2.05, 4.69) is 43.6 Å². The van der Waals surface area contributed by atoms with Crippen LogP contribution in [0.3, 0.4) is 0 Å². The minimum absolute atomic E-state index is 1.33. The van der Waals surface area contributed by atoms with Crippen LogP contribution in [0.25, 0.3) is 6.08 Å². The van der Waals surface area contributed by atoms with E-state index in [9.17, 15) is 0 Å². The Kier molecular flexibility index (Phi) is 2.97. The Balaban J connectivity index is 0.000000281. The van der Waals surface area contributed by atoms with Gasteiger partial charge in [-0.25, -0.2) is 0 Å². The molecule has 0 saturated heterocycles. The number of hydrogen-bond acceptors (Lipinski definition) is 0. The zero-order valence-electron chi connectivity index (χ0n) is 7.04. The van der Waals surface area contributed by atoms with Gasteiger partial charge >= 0.3 is 0 Å². The first-order chi connectivity index (χ1) is 5.47. The van der Waals surface area contributed by atoms with Crippen LogP contribution in [0.15, 0.2) is 30.2 Å². The average Bonchev–Trinajstić information content (AvgIpc) is 2.55. The van der Waals surface area contributed by atoms with Crippen molar-refractivity contribution in [1.29, 1.82) is 0 Å². The van der Waals surface area contributed by atoms with Crippen molar-refractivity contribution in [3.05, 3.63) is 35.8 Å². The molecule has 1 heteroatoms. The lowest BCUT2D eigenvalue weighted by atomic mass is 9.74. The number of benzene rings is 1. The summed E-state index contributed by atoms with van der Waals surface area (Å²) in [6, 6.07) is 8.36. The molecule has 1 aromatic rings. The topological polar surface area (TPSA) is 0 Å². The van der Waals surface area contributed by atoms with Gasteiger partial charge in [-0.1, -0.05) is 49.7 Å². The lowest BCUT2D eigenvalue weighted by Gasteiger charge is -1.92. The summed E-state index contributed by atoms with van der Waals surface area (Å²) < 4.78 is 0. The normalized spacial score (nSPS) is 11.1. The minimum Gasteiger partial charge on any atom is -0.116 e. The smallest absolute Gasteiger partial charge is 0.116 e. The maximum Gasteiger partial charge on any atom is 0.182 e. The SMILES string of the molecule is CC.[B]1C=Cc2ccccc21. The Labute approximate surface area is 69.2 Å². The third-order valence-electron chi connectivity index (χ3n) is 1.55. The largest absolute Gasteiger partial charge is 0.182 e. The monoisotopic (exact) mass is 143 g/mol. The molecule has 0 nitrogen and oxygen atoms in total. The maximum absolute atomic E-state index is 2.12. The van der Waals surface area contributed by atoms with Gasteiger partial charge in [-0.05, 0) is 5.56 Å². The summed E-state index contributed by atoms with van der Waals surface area (Å²) in [5, 5.41) is 0. The standard InChI is InChI=1S/C8H6B.C2H6/c1-2-4-8-7(3-1)5-6-9-8;1-2/h1-6H;1-2H3. The third-order valence-corrected chi connectivity index (χ3v) is 1.55. The van der Waals surface area contributed by atoms with E-state index in [1.807, 2.05) is 13.8 Å². The molecular weight excluding hydrogens is 131 g/mol. The molecule has 1 aromatic carbocycles. The maximum atomic E-state index is 2.12. The van der Waals surface area contributed by atoms with Crippen molar-refractivity contribution in [2.24, 2.45) is 0 Å². The Morgan fingerprint density at radius 1 is 1.09 bits per heavy atom. The second kappa shape index (κ2) is 4.02. The highest BCUT2D eigenvalue weighted by Gasteiger charge is 2.01. The van der Waals surface area contributed by atoms with Crippen molar-refractivity contribution >= 4 is 18.8 Å². The number of hydrogen-bond donors (Lipinski definition) is 0. The second-order valence-electron chi connectivity index (χ2n) is 2.15. The van der Waals surface area contributed by atoms with Crippen molar-refractivity contribution < 1.29 is 0 Å². The van der Waals surface area contributed by atoms with Crippen molar-refractivity contribution in [2.45, 2.75) is 13.8 Å². The first-order valence-electron chi connectivity index (χ1n) is 4.07. The lowest BCUT2D eigenvalue weighted by Crippen LogP contribution is -2.09.